The molecule has 0 saturated heterocycles. The molecule has 1 rings (SSSR count). The Kier molecular flexibility index (Phi) is 5.23. The van der Waals surface area contributed by atoms with Gasteiger partial charge in [-0.05, 0) is 18.2 Å². The highest BCUT2D eigenvalue weighted by molar-refractivity contribution is 5.97. The lowest BCUT2D eigenvalue weighted by molar-refractivity contribution is -0.115. The second kappa shape index (κ2) is 6.89. The number of carbonyl (C=O) groups is 3. The molecule has 20 heavy (non-hydrogen) atoms. The Morgan fingerprint density at radius 3 is 2.00 bits per heavy atom. The fraction of sp³-hybridized carbons (Fsp3) is 0.231. The summed E-state index contributed by atoms with van der Waals surface area (Å²) in [6.07, 6.45) is 0. The number of benzene rings is 1. The minimum Gasteiger partial charge on any atom is -0.447 e. The number of hydrogen-bond donors (Lipinski definition) is 2. The lowest BCUT2D eigenvalue weighted by Gasteiger charge is -2.09. The van der Waals surface area contributed by atoms with Gasteiger partial charge in [-0.2, -0.15) is 5.26 Å². The van der Waals surface area contributed by atoms with Gasteiger partial charge in [0.2, 0.25) is 11.8 Å². The number of carbonyl (C=O) groups excluding carboxylic acids is 3. The first-order valence-corrected chi connectivity index (χ1v) is 5.66. The minimum absolute atomic E-state index is 0.121. The number of rotatable bonds is 4. The SMILES string of the molecule is CC(=O)Nc1cc(NC(C)=O)cc(C(=O)OCC#N)c1. The first-order chi connectivity index (χ1) is 9.42. The summed E-state index contributed by atoms with van der Waals surface area (Å²) >= 11 is 0. The van der Waals surface area contributed by atoms with Crippen LogP contribution in [0.4, 0.5) is 11.4 Å². The fourth-order valence-corrected chi connectivity index (χ4v) is 1.48. The van der Waals surface area contributed by atoms with E-state index >= 15 is 0 Å². The van der Waals surface area contributed by atoms with Crippen molar-refractivity contribution in [3.63, 3.8) is 0 Å². The lowest BCUT2D eigenvalue weighted by Crippen LogP contribution is -2.12. The van der Waals surface area contributed by atoms with Gasteiger partial charge >= 0.3 is 5.97 Å². The molecule has 0 spiro atoms. The average Bonchev–Trinajstić information content (AvgIpc) is 2.33. The monoisotopic (exact) mass is 275 g/mol. The molecule has 7 nitrogen and oxygen atoms in total. The van der Waals surface area contributed by atoms with E-state index in [1.807, 2.05) is 0 Å². The Balaban J connectivity index is 3.08. The van der Waals surface area contributed by atoms with Crippen LogP contribution in [0.3, 0.4) is 0 Å². The van der Waals surface area contributed by atoms with Crippen molar-refractivity contribution < 1.29 is 19.1 Å². The average molecular weight is 275 g/mol. The number of nitriles is 1. The Labute approximate surface area is 115 Å². The van der Waals surface area contributed by atoms with Crippen LogP contribution in [0.1, 0.15) is 24.2 Å². The number of amides is 2. The van der Waals surface area contributed by atoms with Crippen molar-refractivity contribution in [3.8, 4) is 6.07 Å². The highest BCUT2D eigenvalue weighted by Crippen LogP contribution is 2.20. The van der Waals surface area contributed by atoms with E-state index in [4.69, 9.17) is 5.26 Å². The summed E-state index contributed by atoms with van der Waals surface area (Å²) in [7, 11) is 0. The molecule has 7 heteroatoms. The van der Waals surface area contributed by atoms with Gasteiger partial charge in [0.1, 0.15) is 6.07 Å². The number of nitrogens with one attached hydrogen (secondary N) is 2. The lowest BCUT2D eigenvalue weighted by atomic mass is 10.1. The van der Waals surface area contributed by atoms with Crippen molar-refractivity contribution in [2.75, 3.05) is 17.2 Å². The van der Waals surface area contributed by atoms with Crippen LogP contribution in [-0.4, -0.2) is 24.4 Å². The standard InChI is InChI=1S/C13H13N3O4/c1-8(17)15-11-5-10(13(19)20-4-3-14)6-12(7-11)16-9(2)18/h5-7H,4H2,1-2H3,(H,15,17)(H,16,18). The summed E-state index contributed by atoms with van der Waals surface area (Å²) in [5.74, 6) is -1.35. The van der Waals surface area contributed by atoms with Crippen LogP contribution in [-0.2, 0) is 14.3 Å². The Morgan fingerprint density at radius 2 is 1.60 bits per heavy atom. The van der Waals surface area contributed by atoms with E-state index in [-0.39, 0.29) is 24.0 Å². The maximum atomic E-state index is 11.7. The van der Waals surface area contributed by atoms with Gasteiger partial charge in [-0.3, -0.25) is 9.59 Å². The van der Waals surface area contributed by atoms with Crippen molar-refractivity contribution in [1.29, 1.82) is 5.26 Å². The molecule has 0 fully saturated rings. The van der Waals surface area contributed by atoms with E-state index in [0.29, 0.717) is 11.4 Å². The molecule has 104 valence electrons. The summed E-state index contributed by atoms with van der Waals surface area (Å²) < 4.78 is 4.67. The van der Waals surface area contributed by atoms with Crippen molar-refractivity contribution in [2.24, 2.45) is 0 Å². The largest absolute Gasteiger partial charge is 0.447 e. The summed E-state index contributed by atoms with van der Waals surface area (Å²) in [5.41, 5.74) is 0.801. The van der Waals surface area contributed by atoms with Gasteiger partial charge in [0, 0.05) is 25.2 Å². The molecule has 0 radical (unpaired) electrons. The number of esters is 1. The van der Waals surface area contributed by atoms with E-state index < -0.39 is 5.97 Å². The Hall–Kier alpha value is -2.88. The third-order valence-corrected chi connectivity index (χ3v) is 2.08. The van der Waals surface area contributed by atoms with Crippen molar-refractivity contribution in [1.82, 2.24) is 0 Å². The smallest absolute Gasteiger partial charge is 0.339 e. The van der Waals surface area contributed by atoms with Crippen molar-refractivity contribution in [3.05, 3.63) is 23.8 Å². The van der Waals surface area contributed by atoms with Gasteiger partial charge in [0.25, 0.3) is 0 Å². The summed E-state index contributed by atoms with van der Waals surface area (Å²) in [5, 5.41) is 13.4. The van der Waals surface area contributed by atoms with Gasteiger partial charge < -0.3 is 15.4 Å². The van der Waals surface area contributed by atoms with E-state index in [2.05, 4.69) is 15.4 Å². The predicted molar refractivity (Wildman–Crippen MR) is 70.9 cm³/mol. The first kappa shape index (κ1) is 15.2. The molecule has 1 aromatic rings. The molecule has 0 unspecified atom stereocenters. The van der Waals surface area contributed by atoms with Crippen molar-refractivity contribution in [2.45, 2.75) is 13.8 Å². The topological polar surface area (TPSA) is 108 Å². The summed E-state index contributed by atoms with van der Waals surface area (Å²) in [4.78, 5) is 33.8. The van der Waals surface area contributed by atoms with E-state index in [9.17, 15) is 14.4 Å². The maximum absolute atomic E-state index is 11.7. The molecular weight excluding hydrogens is 262 g/mol. The zero-order chi connectivity index (χ0) is 15.1. The van der Waals surface area contributed by atoms with Crippen LogP contribution in [0.2, 0.25) is 0 Å². The number of ether oxygens (including phenoxy) is 1. The molecule has 2 amide bonds. The maximum Gasteiger partial charge on any atom is 0.339 e. The Morgan fingerprint density at radius 1 is 1.10 bits per heavy atom. The number of nitrogens with zero attached hydrogens (tertiary/aromatic N) is 1. The highest BCUT2D eigenvalue weighted by atomic mass is 16.5. The number of anilines is 2. The zero-order valence-electron chi connectivity index (χ0n) is 11.0. The molecular formula is C13H13N3O4. The van der Waals surface area contributed by atoms with E-state index in [1.165, 1.54) is 32.0 Å². The van der Waals surface area contributed by atoms with Crippen LogP contribution >= 0.6 is 0 Å². The third kappa shape index (κ3) is 4.78. The molecule has 0 atom stereocenters. The van der Waals surface area contributed by atoms with Gasteiger partial charge in [-0.15, -0.1) is 0 Å². The normalized spacial score (nSPS) is 9.25. The first-order valence-electron chi connectivity index (χ1n) is 5.66. The van der Waals surface area contributed by atoms with E-state index in [1.54, 1.807) is 6.07 Å². The molecule has 0 heterocycles. The third-order valence-electron chi connectivity index (χ3n) is 2.08. The molecule has 0 aliphatic carbocycles. The summed E-state index contributed by atoms with van der Waals surface area (Å²) in [6.45, 7) is 2.26. The Bertz CT molecular complexity index is 556. The van der Waals surface area contributed by atoms with Gasteiger partial charge in [-0.25, -0.2) is 4.79 Å². The van der Waals surface area contributed by atoms with Crippen LogP contribution < -0.4 is 10.6 Å². The molecule has 0 bridgehead atoms. The van der Waals surface area contributed by atoms with Crippen LogP contribution in [0.5, 0.6) is 0 Å². The highest BCUT2D eigenvalue weighted by Gasteiger charge is 2.11. The fourth-order valence-electron chi connectivity index (χ4n) is 1.48. The zero-order valence-corrected chi connectivity index (χ0v) is 11.0. The quantitative estimate of drug-likeness (QED) is 0.805. The molecule has 0 aliphatic heterocycles. The van der Waals surface area contributed by atoms with E-state index in [0.717, 1.165) is 0 Å². The molecule has 1 aromatic carbocycles. The molecule has 2 N–H and O–H groups in total. The van der Waals surface area contributed by atoms with Crippen LogP contribution in [0.25, 0.3) is 0 Å². The van der Waals surface area contributed by atoms with Gasteiger partial charge in [0.05, 0.1) is 5.56 Å². The van der Waals surface area contributed by atoms with Crippen molar-refractivity contribution >= 4 is 29.2 Å². The minimum atomic E-state index is -0.717. The number of hydrogen-bond acceptors (Lipinski definition) is 5. The van der Waals surface area contributed by atoms with Crippen LogP contribution in [0.15, 0.2) is 18.2 Å². The van der Waals surface area contributed by atoms with Gasteiger partial charge in [0.15, 0.2) is 6.61 Å². The summed E-state index contributed by atoms with van der Waals surface area (Å²) in [6, 6.07) is 5.97. The van der Waals surface area contributed by atoms with Gasteiger partial charge in [-0.1, -0.05) is 0 Å². The second-order valence-electron chi connectivity index (χ2n) is 3.90. The molecule has 0 saturated carbocycles. The van der Waals surface area contributed by atoms with Crippen LogP contribution in [0, 0.1) is 11.3 Å². The second-order valence-corrected chi connectivity index (χ2v) is 3.90. The molecule has 0 aliphatic rings. The predicted octanol–water partition coefficient (Wildman–Crippen LogP) is 1.28. The molecule has 0 aromatic heterocycles.